The van der Waals surface area contributed by atoms with E-state index >= 15 is 0 Å². The first-order chi connectivity index (χ1) is 12.0. The number of benzene rings is 1. The minimum Gasteiger partial charge on any atom is -0.463 e. The van der Waals surface area contributed by atoms with Crippen LogP contribution in [0.15, 0.2) is 36.4 Å². The van der Waals surface area contributed by atoms with E-state index in [9.17, 15) is 19.2 Å². The highest BCUT2D eigenvalue weighted by molar-refractivity contribution is 5.98. The van der Waals surface area contributed by atoms with Gasteiger partial charge >= 0.3 is 11.9 Å². The number of amides is 2. The molecule has 0 radical (unpaired) electrons. The lowest BCUT2D eigenvalue weighted by molar-refractivity contribution is -0.143. The standard InChI is InChI=1S/C17H20N2O6/c1-3-18-17(23)12-6-5-7-13(10-12)19-14(20)11-25-16(22)9-8-15(21)24-4-2/h5-10H,3-4,11H2,1-2H3,(H,18,23)(H,19,20)/b9-8+. The molecular formula is C17H20N2O6. The normalized spacial score (nSPS) is 10.2. The first-order valence-electron chi connectivity index (χ1n) is 7.66. The molecule has 0 fully saturated rings. The van der Waals surface area contributed by atoms with E-state index < -0.39 is 24.5 Å². The van der Waals surface area contributed by atoms with Gasteiger partial charge in [0.05, 0.1) is 6.61 Å². The molecule has 1 aromatic rings. The molecule has 0 bridgehead atoms. The van der Waals surface area contributed by atoms with Crippen LogP contribution in [-0.4, -0.2) is 43.5 Å². The van der Waals surface area contributed by atoms with Gasteiger partial charge in [-0.1, -0.05) is 6.07 Å². The Morgan fingerprint density at radius 1 is 1.04 bits per heavy atom. The topological polar surface area (TPSA) is 111 Å². The van der Waals surface area contributed by atoms with Gasteiger partial charge < -0.3 is 20.1 Å². The van der Waals surface area contributed by atoms with Crippen LogP contribution in [0.2, 0.25) is 0 Å². The Kier molecular flexibility index (Phi) is 8.42. The summed E-state index contributed by atoms with van der Waals surface area (Å²) in [5, 5.41) is 5.16. The maximum Gasteiger partial charge on any atom is 0.331 e. The van der Waals surface area contributed by atoms with Crippen LogP contribution in [0.1, 0.15) is 24.2 Å². The van der Waals surface area contributed by atoms with Crippen molar-refractivity contribution in [2.75, 3.05) is 25.1 Å². The number of carbonyl (C=O) groups excluding carboxylic acids is 4. The fourth-order valence-electron chi connectivity index (χ4n) is 1.71. The molecule has 0 aliphatic carbocycles. The largest absolute Gasteiger partial charge is 0.463 e. The molecule has 0 saturated carbocycles. The molecule has 1 rings (SSSR count). The van der Waals surface area contributed by atoms with E-state index in [1.807, 2.05) is 0 Å². The summed E-state index contributed by atoms with van der Waals surface area (Å²) in [7, 11) is 0. The molecule has 0 aliphatic rings. The van der Waals surface area contributed by atoms with Gasteiger partial charge in [0.15, 0.2) is 6.61 Å². The van der Waals surface area contributed by atoms with Gasteiger partial charge in [0.1, 0.15) is 0 Å². The molecule has 8 nitrogen and oxygen atoms in total. The Labute approximate surface area is 145 Å². The van der Waals surface area contributed by atoms with Crippen molar-refractivity contribution in [3.8, 4) is 0 Å². The van der Waals surface area contributed by atoms with Gasteiger partial charge in [0.25, 0.3) is 11.8 Å². The van der Waals surface area contributed by atoms with E-state index in [0.717, 1.165) is 12.2 Å². The van der Waals surface area contributed by atoms with Crippen LogP contribution in [-0.2, 0) is 23.9 Å². The van der Waals surface area contributed by atoms with Crippen molar-refractivity contribution in [1.82, 2.24) is 5.32 Å². The Balaban J connectivity index is 2.49. The predicted octanol–water partition coefficient (Wildman–Crippen LogP) is 1.04. The van der Waals surface area contributed by atoms with E-state index in [1.54, 1.807) is 32.0 Å². The van der Waals surface area contributed by atoms with Crippen LogP contribution < -0.4 is 10.6 Å². The molecule has 0 aliphatic heterocycles. The van der Waals surface area contributed by atoms with Gasteiger partial charge in [-0.3, -0.25) is 9.59 Å². The summed E-state index contributed by atoms with van der Waals surface area (Å²) >= 11 is 0. The Hall–Kier alpha value is -3.16. The lowest BCUT2D eigenvalue weighted by atomic mass is 10.2. The number of ether oxygens (including phenoxy) is 2. The average Bonchev–Trinajstić information content (AvgIpc) is 2.59. The summed E-state index contributed by atoms with van der Waals surface area (Å²) in [6.07, 6.45) is 1.79. The number of esters is 2. The van der Waals surface area contributed by atoms with Crippen LogP contribution in [0, 0.1) is 0 Å². The third-order valence-corrected chi connectivity index (χ3v) is 2.73. The quantitative estimate of drug-likeness (QED) is 0.536. The molecule has 2 N–H and O–H groups in total. The van der Waals surface area contributed by atoms with Crippen molar-refractivity contribution in [3.05, 3.63) is 42.0 Å². The Bertz CT molecular complexity index is 669. The highest BCUT2D eigenvalue weighted by Crippen LogP contribution is 2.10. The van der Waals surface area contributed by atoms with Crippen molar-refractivity contribution in [2.45, 2.75) is 13.8 Å². The molecule has 25 heavy (non-hydrogen) atoms. The van der Waals surface area contributed by atoms with Gasteiger partial charge in [-0.2, -0.15) is 0 Å². The van der Waals surface area contributed by atoms with Crippen LogP contribution in [0.25, 0.3) is 0 Å². The summed E-state index contributed by atoms with van der Waals surface area (Å²) < 4.78 is 9.30. The molecule has 8 heteroatoms. The molecule has 1 aromatic carbocycles. The van der Waals surface area contributed by atoms with Gasteiger partial charge in [-0.05, 0) is 32.0 Å². The fraction of sp³-hybridized carbons (Fsp3) is 0.294. The minimum atomic E-state index is -0.848. The molecule has 0 aromatic heterocycles. The second-order valence-corrected chi connectivity index (χ2v) is 4.68. The first kappa shape index (κ1) is 19.9. The fourth-order valence-corrected chi connectivity index (χ4v) is 1.71. The number of hydrogen-bond donors (Lipinski definition) is 2. The van der Waals surface area contributed by atoms with Crippen LogP contribution in [0.5, 0.6) is 0 Å². The summed E-state index contributed by atoms with van der Waals surface area (Å²) in [6, 6.07) is 6.34. The summed E-state index contributed by atoms with van der Waals surface area (Å²) in [5.41, 5.74) is 0.792. The van der Waals surface area contributed by atoms with E-state index in [2.05, 4.69) is 15.4 Å². The van der Waals surface area contributed by atoms with Crippen LogP contribution in [0.4, 0.5) is 5.69 Å². The number of rotatable bonds is 8. The van der Waals surface area contributed by atoms with E-state index in [4.69, 9.17) is 4.74 Å². The van der Waals surface area contributed by atoms with Crippen LogP contribution >= 0.6 is 0 Å². The SMILES string of the molecule is CCNC(=O)c1cccc(NC(=O)COC(=O)/C=C/C(=O)OCC)c1. The zero-order valence-electron chi connectivity index (χ0n) is 14.0. The summed E-state index contributed by atoms with van der Waals surface area (Å²) in [6.45, 7) is 3.58. The lowest BCUT2D eigenvalue weighted by Gasteiger charge is -2.07. The third kappa shape index (κ3) is 7.78. The van der Waals surface area contributed by atoms with E-state index in [0.29, 0.717) is 17.8 Å². The highest BCUT2D eigenvalue weighted by Gasteiger charge is 2.09. The molecule has 2 amide bonds. The average molecular weight is 348 g/mol. The van der Waals surface area contributed by atoms with Crippen molar-refractivity contribution in [1.29, 1.82) is 0 Å². The second-order valence-electron chi connectivity index (χ2n) is 4.68. The number of carbonyl (C=O) groups is 4. The molecule has 0 unspecified atom stereocenters. The summed E-state index contributed by atoms with van der Waals surface area (Å²) in [4.78, 5) is 45.9. The predicted molar refractivity (Wildman–Crippen MR) is 89.8 cm³/mol. The van der Waals surface area contributed by atoms with Crippen molar-refractivity contribution < 1.29 is 28.7 Å². The Morgan fingerprint density at radius 2 is 1.72 bits per heavy atom. The highest BCUT2D eigenvalue weighted by atomic mass is 16.5. The smallest absolute Gasteiger partial charge is 0.331 e. The number of nitrogens with one attached hydrogen (secondary N) is 2. The van der Waals surface area contributed by atoms with E-state index in [1.165, 1.54) is 6.07 Å². The van der Waals surface area contributed by atoms with Crippen LogP contribution in [0.3, 0.4) is 0 Å². The zero-order valence-corrected chi connectivity index (χ0v) is 14.0. The monoisotopic (exact) mass is 348 g/mol. The van der Waals surface area contributed by atoms with Crippen molar-refractivity contribution in [3.63, 3.8) is 0 Å². The molecule has 134 valence electrons. The van der Waals surface area contributed by atoms with Gasteiger partial charge in [0, 0.05) is 29.9 Å². The number of hydrogen-bond acceptors (Lipinski definition) is 6. The second kappa shape index (κ2) is 10.6. The van der Waals surface area contributed by atoms with Crippen molar-refractivity contribution in [2.24, 2.45) is 0 Å². The van der Waals surface area contributed by atoms with Gasteiger partial charge in [0.2, 0.25) is 0 Å². The van der Waals surface area contributed by atoms with Gasteiger partial charge in [-0.25, -0.2) is 9.59 Å². The third-order valence-electron chi connectivity index (χ3n) is 2.73. The lowest BCUT2D eigenvalue weighted by Crippen LogP contribution is -2.23. The van der Waals surface area contributed by atoms with Gasteiger partial charge in [-0.15, -0.1) is 0 Å². The minimum absolute atomic E-state index is 0.190. The Morgan fingerprint density at radius 3 is 2.36 bits per heavy atom. The molecular weight excluding hydrogens is 328 g/mol. The molecule has 0 spiro atoms. The molecule has 0 heterocycles. The molecule has 0 atom stereocenters. The number of anilines is 1. The zero-order chi connectivity index (χ0) is 18.7. The molecule has 0 saturated heterocycles. The van der Waals surface area contributed by atoms with E-state index in [-0.39, 0.29) is 12.5 Å². The first-order valence-corrected chi connectivity index (χ1v) is 7.66. The summed E-state index contributed by atoms with van der Waals surface area (Å²) in [5.74, 6) is -2.36. The maximum absolute atomic E-state index is 11.8. The van der Waals surface area contributed by atoms with Crippen molar-refractivity contribution >= 4 is 29.4 Å². The maximum atomic E-state index is 11.8.